The van der Waals surface area contributed by atoms with Gasteiger partial charge >= 0.3 is 0 Å². The highest BCUT2D eigenvalue weighted by molar-refractivity contribution is 7.89. The van der Waals surface area contributed by atoms with Gasteiger partial charge in [0.1, 0.15) is 0 Å². The van der Waals surface area contributed by atoms with E-state index in [9.17, 15) is 13.2 Å². The number of ether oxygens (including phenoxy) is 1. The molecule has 7 heteroatoms. The molecule has 1 heterocycles. The van der Waals surface area contributed by atoms with Crippen molar-refractivity contribution in [3.05, 3.63) is 59.2 Å². The molecule has 0 aromatic heterocycles. The van der Waals surface area contributed by atoms with Crippen LogP contribution in [0.25, 0.3) is 0 Å². The first-order valence-electron chi connectivity index (χ1n) is 8.90. The van der Waals surface area contributed by atoms with E-state index in [-0.39, 0.29) is 17.2 Å². The largest absolute Gasteiger partial charge is 0.379 e. The lowest BCUT2D eigenvalue weighted by atomic mass is 10.1. The van der Waals surface area contributed by atoms with Gasteiger partial charge < -0.3 is 10.1 Å². The molecule has 1 fully saturated rings. The fourth-order valence-corrected chi connectivity index (χ4v) is 4.36. The quantitative estimate of drug-likeness (QED) is 0.770. The summed E-state index contributed by atoms with van der Waals surface area (Å²) in [5, 5.41) is 3.16. The number of aryl methyl sites for hydroxylation is 2. The second-order valence-electron chi connectivity index (χ2n) is 6.64. The lowest BCUT2D eigenvalue weighted by Gasteiger charge is -2.26. The molecule has 0 aliphatic carbocycles. The van der Waals surface area contributed by atoms with Gasteiger partial charge in [0, 0.05) is 24.3 Å². The number of hydrogen-bond acceptors (Lipinski definition) is 5. The van der Waals surface area contributed by atoms with Crippen molar-refractivity contribution < 1.29 is 17.9 Å². The van der Waals surface area contributed by atoms with Crippen molar-refractivity contribution in [2.24, 2.45) is 0 Å². The van der Waals surface area contributed by atoms with E-state index in [1.807, 2.05) is 32.0 Å². The highest BCUT2D eigenvalue weighted by Crippen LogP contribution is 2.19. The van der Waals surface area contributed by atoms with Crippen LogP contribution in [0.4, 0.5) is 5.69 Å². The Morgan fingerprint density at radius 3 is 2.41 bits per heavy atom. The number of ketones is 1. The van der Waals surface area contributed by atoms with E-state index in [4.69, 9.17) is 4.74 Å². The molecule has 1 aliphatic rings. The summed E-state index contributed by atoms with van der Waals surface area (Å²) >= 11 is 0. The predicted octanol–water partition coefficient (Wildman–Crippen LogP) is 2.62. The minimum atomic E-state index is -3.54. The minimum Gasteiger partial charge on any atom is -0.379 e. The maximum absolute atomic E-state index is 12.6. The fourth-order valence-electron chi connectivity index (χ4n) is 2.95. The number of carbonyl (C=O) groups excluding carboxylic acids is 1. The summed E-state index contributed by atoms with van der Waals surface area (Å²) in [4.78, 5) is 12.6. The summed E-state index contributed by atoms with van der Waals surface area (Å²) in [6.45, 7) is 5.64. The van der Waals surface area contributed by atoms with Crippen molar-refractivity contribution in [3.63, 3.8) is 0 Å². The van der Waals surface area contributed by atoms with Gasteiger partial charge in [0.2, 0.25) is 10.0 Å². The molecular formula is C20H24N2O4S. The van der Waals surface area contributed by atoms with E-state index in [0.29, 0.717) is 31.9 Å². The highest BCUT2D eigenvalue weighted by Gasteiger charge is 2.26. The van der Waals surface area contributed by atoms with Crippen LogP contribution in [-0.2, 0) is 14.8 Å². The van der Waals surface area contributed by atoms with Crippen LogP contribution in [0.3, 0.4) is 0 Å². The average Bonchev–Trinajstić information content (AvgIpc) is 2.69. The van der Waals surface area contributed by atoms with Crippen molar-refractivity contribution in [2.75, 3.05) is 38.2 Å². The molecule has 144 valence electrons. The molecule has 2 aromatic rings. The monoisotopic (exact) mass is 388 g/mol. The molecule has 2 aromatic carbocycles. The van der Waals surface area contributed by atoms with Crippen molar-refractivity contribution in [1.29, 1.82) is 0 Å². The molecule has 0 bridgehead atoms. The first-order chi connectivity index (χ1) is 12.9. The molecule has 6 nitrogen and oxygen atoms in total. The van der Waals surface area contributed by atoms with Gasteiger partial charge in [-0.05, 0) is 55.3 Å². The second kappa shape index (κ2) is 8.21. The average molecular weight is 388 g/mol. The van der Waals surface area contributed by atoms with Crippen molar-refractivity contribution in [1.82, 2.24) is 4.31 Å². The number of carbonyl (C=O) groups is 1. The predicted molar refractivity (Wildman–Crippen MR) is 105 cm³/mol. The van der Waals surface area contributed by atoms with Gasteiger partial charge in [0.05, 0.1) is 24.7 Å². The number of rotatable bonds is 6. The zero-order valence-corrected chi connectivity index (χ0v) is 16.4. The number of Topliss-reactive ketones (excluding diaryl/α,β-unsaturated/α-hetero) is 1. The third-order valence-corrected chi connectivity index (χ3v) is 6.53. The van der Waals surface area contributed by atoms with Crippen LogP contribution in [0.15, 0.2) is 47.4 Å². The van der Waals surface area contributed by atoms with Gasteiger partial charge in [-0.15, -0.1) is 0 Å². The van der Waals surface area contributed by atoms with E-state index < -0.39 is 10.0 Å². The summed E-state index contributed by atoms with van der Waals surface area (Å²) in [7, 11) is -3.54. The molecule has 1 N–H and O–H groups in total. The third kappa shape index (κ3) is 4.55. The van der Waals surface area contributed by atoms with E-state index in [0.717, 1.165) is 16.8 Å². The van der Waals surface area contributed by atoms with Crippen LogP contribution in [-0.4, -0.2) is 51.4 Å². The molecule has 0 saturated carbocycles. The van der Waals surface area contributed by atoms with Crippen LogP contribution in [0.1, 0.15) is 21.5 Å². The zero-order chi connectivity index (χ0) is 19.4. The normalized spacial score (nSPS) is 15.5. The van der Waals surface area contributed by atoms with E-state index in [1.165, 1.54) is 16.4 Å². The number of benzene rings is 2. The smallest absolute Gasteiger partial charge is 0.243 e. The van der Waals surface area contributed by atoms with Crippen molar-refractivity contribution in [2.45, 2.75) is 18.7 Å². The number of nitrogens with one attached hydrogen (secondary N) is 1. The van der Waals surface area contributed by atoms with Gasteiger partial charge in [-0.3, -0.25) is 4.79 Å². The molecule has 0 atom stereocenters. The highest BCUT2D eigenvalue weighted by atomic mass is 32.2. The van der Waals surface area contributed by atoms with Crippen LogP contribution in [0.5, 0.6) is 0 Å². The maximum atomic E-state index is 12.6. The minimum absolute atomic E-state index is 0.0915. The third-order valence-electron chi connectivity index (χ3n) is 4.62. The zero-order valence-electron chi connectivity index (χ0n) is 15.6. The van der Waals surface area contributed by atoms with Crippen LogP contribution in [0.2, 0.25) is 0 Å². The Balaban J connectivity index is 1.67. The summed E-state index contributed by atoms with van der Waals surface area (Å²) < 4.78 is 31.9. The van der Waals surface area contributed by atoms with Crippen molar-refractivity contribution in [3.8, 4) is 0 Å². The number of nitrogens with zero attached hydrogens (tertiary/aromatic N) is 1. The topological polar surface area (TPSA) is 75.7 Å². The Morgan fingerprint density at radius 1 is 1.07 bits per heavy atom. The second-order valence-corrected chi connectivity index (χ2v) is 8.57. The Labute approximate surface area is 160 Å². The lowest BCUT2D eigenvalue weighted by molar-refractivity contribution is 0.0730. The number of hydrogen-bond donors (Lipinski definition) is 1. The fraction of sp³-hybridized carbons (Fsp3) is 0.350. The Bertz CT molecular complexity index is 917. The van der Waals surface area contributed by atoms with Gasteiger partial charge in [-0.1, -0.05) is 12.1 Å². The number of anilines is 1. The van der Waals surface area contributed by atoms with E-state index in [1.54, 1.807) is 12.1 Å². The van der Waals surface area contributed by atoms with Gasteiger partial charge in [0.25, 0.3) is 0 Å². The van der Waals surface area contributed by atoms with E-state index >= 15 is 0 Å². The molecule has 0 spiro atoms. The molecule has 27 heavy (non-hydrogen) atoms. The Morgan fingerprint density at radius 2 is 1.74 bits per heavy atom. The van der Waals surface area contributed by atoms with Gasteiger partial charge in [0.15, 0.2) is 5.78 Å². The molecular weight excluding hydrogens is 364 g/mol. The number of sulfonamides is 1. The summed E-state index contributed by atoms with van der Waals surface area (Å²) in [5.41, 5.74) is 3.59. The van der Waals surface area contributed by atoms with Crippen molar-refractivity contribution >= 4 is 21.5 Å². The first-order valence-corrected chi connectivity index (χ1v) is 10.3. The van der Waals surface area contributed by atoms with E-state index in [2.05, 4.69) is 5.32 Å². The Hall–Kier alpha value is -2.22. The maximum Gasteiger partial charge on any atom is 0.243 e. The molecule has 1 saturated heterocycles. The van der Waals surface area contributed by atoms with Crippen LogP contribution in [0, 0.1) is 13.8 Å². The number of morpholine rings is 1. The summed E-state index contributed by atoms with van der Waals surface area (Å²) in [6, 6.07) is 12.2. The molecule has 0 amide bonds. The lowest BCUT2D eigenvalue weighted by Crippen LogP contribution is -2.40. The Kier molecular flexibility index (Phi) is 5.94. The SMILES string of the molecule is Cc1ccc(C)c(NCC(=O)c2ccc(S(=O)(=O)N3CCOCC3)cc2)c1. The van der Waals surface area contributed by atoms with Crippen LogP contribution < -0.4 is 5.32 Å². The van der Waals surface area contributed by atoms with Gasteiger partial charge in [-0.25, -0.2) is 8.42 Å². The molecule has 1 aliphatic heterocycles. The summed E-state index contributed by atoms with van der Waals surface area (Å²) in [6.07, 6.45) is 0. The summed E-state index contributed by atoms with van der Waals surface area (Å²) in [5.74, 6) is -0.0915. The standard InChI is InChI=1S/C20H24N2O4S/c1-15-3-4-16(2)19(13-15)21-14-20(23)17-5-7-18(8-6-17)27(24,25)22-9-11-26-12-10-22/h3-8,13,21H,9-12,14H2,1-2H3. The van der Waals surface area contributed by atoms with Gasteiger partial charge in [-0.2, -0.15) is 4.31 Å². The molecule has 3 rings (SSSR count). The first kappa shape index (κ1) is 19.5. The molecule has 0 unspecified atom stereocenters. The van der Waals surface area contributed by atoms with Crippen LogP contribution >= 0.6 is 0 Å². The molecule has 0 radical (unpaired) electrons.